The van der Waals surface area contributed by atoms with Gasteiger partial charge < -0.3 is 4.74 Å². The van der Waals surface area contributed by atoms with Crippen molar-refractivity contribution >= 4 is 55.1 Å². The van der Waals surface area contributed by atoms with E-state index in [9.17, 15) is 4.39 Å². The van der Waals surface area contributed by atoms with Gasteiger partial charge in [0.15, 0.2) is 0 Å². The molecule has 106 valence electrons. The van der Waals surface area contributed by atoms with Crippen molar-refractivity contribution in [1.82, 2.24) is 0 Å². The van der Waals surface area contributed by atoms with Crippen LogP contribution < -0.4 is 4.74 Å². The lowest BCUT2D eigenvalue weighted by Crippen LogP contribution is -1.99. The maximum atomic E-state index is 13.6. The Morgan fingerprint density at radius 3 is 2.45 bits per heavy atom. The molecule has 0 saturated carbocycles. The molecular weight excluding hydrogens is 434 g/mol. The van der Waals surface area contributed by atoms with E-state index in [0.717, 1.165) is 11.1 Å². The van der Waals surface area contributed by atoms with Crippen LogP contribution in [0.4, 0.5) is 4.39 Å². The fourth-order valence-corrected chi connectivity index (χ4v) is 3.56. The van der Waals surface area contributed by atoms with Gasteiger partial charge in [-0.15, -0.1) is 0 Å². The second kappa shape index (κ2) is 6.65. The molecule has 0 aliphatic rings. The van der Waals surface area contributed by atoms with Gasteiger partial charge >= 0.3 is 0 Å². The van der Waals surface area contributed by atoms with Crippen LogP contribution in [-0.2, 0) is 0 Å². The van der Waals surface area contributed by atoms with E-state index >= 15 is 0 Å². The summed E-state index contributed by atoms with van der Waals surface area (Å²) in [5.41, 5.74) is 1.60. The molecule has 0 aromatic heterocycles. The molecule has 0 heterocycles. The first-order chi connectivity index (χ1) is 9.43. The van der Waals surface area contributed by atoms with Gasteiger partial charge in [0.2, 0.25) is 0 Å². The molecule has 0 amide bonds. The van der Waals surface area contributed by atoms with Crippen LogP contribution >= 0.6 is 55.1 Å². The third-order valence-corrected chi connectivity index (χ3v) is 4.94. The molecule has 2 rings (SSSR count). The molecule has 0 bridgehead atoms. The Bertz CT molecular complexity index is 649. The number of alkyl halides is 1. The first-order valence-electron chi connectivity index (χ1n) is 5.56. The first-order valence-corrected chi connectivity index (χ1v) is 8.02. The zero-order chi connectivity index (χ0) is 14.9. The molecule has 0 saturated heterocycles. The lowest BCUT2D eigenvalue weighted by atomic mass is 10.0. The van der Waals surface area contributed by atoms with E-state index in [1.165, 1.54) is 13.2 Å². The van der Waals surface area contributed by atoms with Crippen molar-refractivity contribution in [2.75, 3.05) is 7.11 Å². The van der Waals surface area contributed by atoms with Crippen LogP contribution in [0.3, 0.4) is 0 Å². The molecule has 2 aromatic carbocycles. The van der Waals surface area contributed by atoms with E-state index in [4.69, 9.17) is 27.9 Å². The fraction of sp³-hybridized carbons (Fsp3) is 0.143. The van der Waals surface area contributed by atoms with Crippen LogP contribution in [0.1, 0.15) is 16.0 Å². The molecule has 0 aliphatic heterocycles. The lowest BCUT2D eigenvalue weighted by molar-refractivity contribution is 0.406. The van der Waals surface area contributed by atoms with Crippen molar-refractivity contribution < 1.29 is 9.13 Å². The summed E-state index contributed by atoms with van der Waals surface area (Å²) in [6.45, 7) is 0. The number of rotatable bonds is 3. The summed E-state index contributed by atoms with van der Waals surface area (Å²) in [6, 6.07) is 8.23. The third kappa shape index (κ3) is 3.30. The highest BCUT2D eigenvalue weighted by Crippen LogP contribution is 2.41. The van der Waals surface area contributed by atoms with Gasteiger partial charge in [-0.3, -0.25) is 0 Å². The lowest BCUT2D eigenvalue weighted by Gasteiger charge is -2.17. The highest BCUT2D eigenvalue weighted by molar-refractivity contribution is 9.10. The van der Waals surface area contributed by atoms with Crippen molar-refractivity contribution in [2.45, 2.75) is 4.83 Å². The van der Waals surface area contributed by atoms with Gasteiger partial charge in [0.25, 0.3) is 0 Å². The summed E-state index contributed by atoms with van der Waals surface area (Å²) in [5, 5.41) is 1.09. The molecule has 20 heavy (non-hydrogen) atoms. The van der Waals surface area contributed by atoms with Gasteiger partial charge in [-0.05, 0) is 39.7 Å². The Hall–Kier alpha value is -0.290. The van der Waals surface area contributed by atoms with Gasteiger partial charge in [0.1, 0.15) is 11.6 Å². The normalized spacial score (nSPS) is 12.3. The Kier molecular flexibility index (Phi) is 5.35. The minimum absolute atomic E-state index is 0.237. The number of benzene rings is 2. The largest absolute Gasteiger partial charge is 0.496 e. The van der Waals surface area contributed by atoms with Gasteiger partial charge in [0.05, 0.1) is 16.4 Å². The van der Waals surface area contributed by atoms with E-state index in [2.05, 4.69) is 31.9 Å². The monoisotopic (exact) mass is 440 g/mol. The van der Waals surface area contributed by atoms with E-state index in [1.807, 2.05) is 6.07 Å². The number of hydrogen-bond acceptors (Lipinski definition) is 1. The topological polar surface area (TPSA) is 9.23 Å². The maximum absolute atomic E-state index is 13.6. The molecule has 0 aliphatic carbocycles. The Labute approximate surface area is 143 Å². The number of halogens is 5. The van der Waals surface area contributed by atoms with Crippen LogP contribution in [0.25, 0.3) is 0 Å². The summed E-state index contributed by atoms with van der Waals surface area (Å²) in [7, 11) is 1.50. The molecule has 1 nitrogen and oxygen atoms in total. The van der Waals surface area contributed by atoms with Crippen LogP contribution in [0, 0.1) is 5.82 Å². The van der Waals surface area contributed by atoms with Gasteiger partial charge in [-0.25, -0.2) is 4.39 Å². The van der Waals surface area contributed by atoms with Crippen molar-refractivity contribution in [3.8, 4) is 5.75 Å². The quantitative estimate of drug-likeness (QED) is 0.500. The van der Waals surface area contributed by atoms with E-state index in [1.54, 1.807) is 18.2 Å². The van der Waals surface area contributed by atoms with E-state index in [0.29, 0.717) is 20.3 Å². The van der Waals surface area contributed by atoms with Crippen molar-refractivity contribution in [3.05, 3.63) is 61.8 Å². The zero-order valence-electron chi connectivity index (χ0n) is 10.3. The van der Waals surface area contributed by atoms with Gasteiger partial charge in [0, 0.05) is 21.7 Å². The standard InChI is InChI=1S/C14H9Br2Cl2FO/c1-20-13-6-12(19)10(15)5-9(13)14(16)8-3-2-7(17)4-11(8)18/h2-6,14H,1H3. The Morgan fingerprint density at radius 1 is 1.15 bits per heavy atom. The summed E-state index contributed by atoms with van der Waals surface area (Å²) in [6.07, 6.45) is 0. The number of methoxy groups -OCH3 is 1. The zero-order valence-corrected chi connectivity index (χ0v) is 14.9. The second-order valence-corrected chi connectivity index (χ2v) is 6.65. The van der Waals surface area contributed by atoms with Gasteiger partial charge in [-0.1, -0.05) is 45.2 Å². The molecule has 1 atom stereocenters. The van der Waals surface area contributed by atoms with Crippen molar-refractivity contribution in [3.63, 3.8) is 0 Å². The first kappa shape index (κ1) is 16.1. The molecule has 0 N–H and O–H groups in total. The predicted octanol–water partition coefficient (Wildman–Crippen LogP) is 6.39. The summed E-state index contributed by atoms with van der Waals surface area (Å²) >= 11 is 18.8. The van der Waals surface area contributed by atoms with Crippen LogP contribution in [0.2, 0.25) is 10.0 Å². The number of hydrogen-bond donors (Lipinski definition) is 0. The average molecular weight is 443 g/mol. The molecule has 0 fully saturated rings. The highest BCUT2D eigenvalue weighted by atomic mass is 79.9. The molecular formula is C14H9Br2Cl2FO. The van der Waals surface area contributed by atoms with Crippen LogP contribution in [0.5, 0.6) is 5.75 Å². The summed E-state index contributed by atoms with van der Waals surface area (Å²) < 4.78 is 19.1. The number of ether oxygens (including phenoxy) is 1. The Balaban J connectivity index is 2.52. The minimum Gasteiger partial charge on any atom is -0.496 e. The summed E-state index contributed by atoms with van der Waals surface area (Å²) in [4.78, 5) is -0.237. The van der Waals surface area contributed by atoms with E-state index in [-0.39, 0.29) is 10.6 Å². The molecule has 0 radical (unpaired) electrons. The molecule has 1 unspecified atom stereocenters. The van der Waals surface area contributed by atoms with Gasteiger partial charge in [-0.2, -0.15) is 0 Å². The average Bonchev–Trinajstić information content (AvgIpc) is 2.40. The Morgan fingerprint density at radius 2 is 1.85 bits per heavy atom. The molecule has 2 aromatic rings. The SMILES string of the molecule is COc1cc(F)c(Br)cc1C(Br)c1ccc(Cl)cc1Cl. The second-order valence-electron chi connectivity index (χ2n) is 4.04. The highest BCUT2D eigenvalue weighted by Gasteiger charge is 2.20. The minimum atomic E-state index is -0.382. The van der Waals surface area contributed by atoms with Crippen molar-refractivity contribution in [2.24, 2.45) is 0 Å². The molecule has 0 spiro atoms. The smallest absolute Gasteiger partial charge is 0.141 e. The maximum Gasteiger partial charge on any atom is 0.141 e. The molecule has 6 heteroatoms. The van der Waals surface area contributed by atoms with Crippen LogP contribution in [-0.4, -0.2) is 7.11 Å². The predicted molar refractivity (Wildman–Crippen MR) is 87.9 cm³/mol. The third-order valence-electron chi connectivity index (χ3n) is 2.78. The fourth-order valence-electron chi connectivity index (χ4n) is 1.79. The van der Waals surface area contributed by atoms with Crippen LogP contribution in [0.15, 0.2) is 34.8 Å². The van der Waals surface area contributed by atoms with E-state index < -0.39 is 0 Å². The van der Waals surface area contributed by atoms with Crippen molar-refractivity contribution in [1.29, 1.82) is 0 Å². The summed E-state index contributed by atoms with van der Waals surface area (Å²) in [5.74, 6) is 0.0612.